The fourth-order valence-electron chi connectivity index (χ4n) is 1.94. The molecular weight excluding hydrogens is 216 g/mol. The normalized spacial score (nSPS) is 30.5. The van der Waals surface area contributed by atoms with Crippen LogP contribution in [-0.2, 0) is 9.53 Å². The lowest BCUT2D eigenvalue weighted by atomic mass is 9.93. The van der Waals surface area contributed by atoms with Gasteiger partial charge >= 0.3 is 0 Å². The van der Waals surface area contributed by atoms with Crippen molar-refractivity contribution >= 4 is 18.3 Å². The highest BCUT2D eigenvalue weighted by atomic mass is 35.5. The summed E-state index contributed by atoms with van der Waals surface area (Å²) in [7, 11) is 1.69. The van der Waals surface area contributed by atoms with Gasteiger partial charge in [-0.2, -0.15) is 0 Å². The van der Waals surface area contributed by atoms with E-state index in [4.69, 9.17) is 4.74 Å². The quantitative estimate of drug-likeness (QED) is 0.746. The predicted molar refractivity (Wildman–Crippen MR) is 60.2 cm³/mol. The van der Waals surface area contributed by atoms with E-state index in [9.17, 15) is 4.79 Å². The number of amides is 1. The summed E-state index contributed by atoms with van der Waals surface area (Å²) < 4.78 is 5.19. The smallest absolute Gasteiger partial charge is 0.237 e. The third-order valence-corrected chi connectivity index (χ3v) is 3.19. The van der Waals surface area contributed by atoms with E-state index in [-0.39, 0.29) is 30.5 Å². The van der Waals surface area contributed by atoms with Crippen molar-refractivity contribution < 1.29 is 9.53 Å². The van der Waals surface area contributed by atoms with Crippen LogP contribution in [0.2, 0.25) is 0 Å². The molecule has 1 amide bonds. The third-order valence-electron chi connectivity index (χ3n) is 3.19. The monoisotopic (exact) mass is 234 g/mol. The minimum Gasteiger partial charge on any atom is -0.380 e. The zero-order chi connectivity index (χ0) is 9.97. The van der Waals surface area contributed by atoms with E-state index in [0.717, 1.165) is 25.8 Å². The van der Waals surface area contributed by atoms with Gasteiger partial charge in [-0.3, -0.25) is 4.79 Å². The topological polar surface area (TPSA) is 50.4 Å². The maximum atomic E-state index is 11.7. The maximum absolute atomic E-state index is 11.7. The van der Waals surface area contributed by atoms with E-state index in [2.05, 4.69) is 10.6 Å². The first-order chi connectivity index (χ1) is 6.79. The van der Waals surface area contributed by atoms with Gasteiger partial charge in [0.15, 0.2) is 0 Å². The van der Waals surface area contributed by atoms with Gasteiger partial charge in [0.25, 0.3) is 0 Å². The number of hydrogen-bond acceptors (Lipinski definition) is 3. The van der Waals surface area contributed by atoms with E-state index in [0.29, 0.717) is 6.04 Å². The minimum atomic E-state index is -0.0412. The molecule has 1 saturated heterocycles. The van der Waals surface area contributed by atoms with Crippen molar-refractivity contribution in [2.24, 2.45) is 0 Å². The van der Waals surface area contributed by atoms with Gasteiger partial charge in [-0.15, -0.1) is 12.4 Å². The summed E-state index contributed by atoms with van der Waals surface area (Å²) in [5.41, 5.74) is 0. The van der Waals surface area contributed by atoms with Gasteiger partial charge in [-0.1, -0.05) is 0 Å². The highest BCUT2D eigenvalue weighted by Gasteiger charge is 2.31. The van der Waals surface area contributed by atoms with Gasteiger partial charge in [-0.25, -0.2) is 0 Å². The summed E-state index contributed by atoms with van der Waals surface area (Å²) in [4.78, 5) is 11.7. The lowest BCUT2D eigenvalue weighted by molar-refractivity contribution is -0.124. The van der Waals surface area contributed by atoms with Gasteiger partial charge in [0.1, 0.15) is 0 Å². The molecule has 0 aromatic heterocycles. The van der Waals surface area contributed by atoms with Crippen LogP contribution in [0.5, 0.6) is 0 Å². The molecule has 2 rings (SSSR count). The Bertz CT molecular complexity index is 221. The molecular formula is C10H19ClN2O2. The van der Waals surface area contributed by atoms with Crippen LogP contribution in [0, 0.1) is 0 Å². The molecule has 0 spiro atoms. The zero-order valence-corrected chi connectivity index (χ0v) is 9.81. The number of methoxy groups -OCH3 is 1. The summed E-state index contributed by atoms with van der Waals surface area (Å²) in [6.45, 7) is 0.791. The maximum Gasteiger partial charge on any atom is 0.237 e. The molecule has 1 aliphatic heterocycles. The van der Waals surface area contributed by atoms with Gasteiger partial charge in [-0.05, 0) is 25.7 Å². The van der Waals surface area contributed by atoms with Gasteiger partial charge in [0.05, 0.1) is 12.1 Å². The predicted octanol–water partition coefficient (Wildman–Crippen LogP) is 0.454. The number of halogens is 1. The first-order valence-corrected chi connectivity index (χ1v) is 5.36. The molecule has 15 heavy (non-hydrogen) atoms. The van der Waals surface area contributed by atoms with Crippen molar-refractivity contribution in [3.05, 3.63) is 0 Å². The van der Waals surface area contributed by atoms with Crippen LogP contribution in [0.4, 0.5) is 0 Å². The molecule has 0 aromatic carbocycles. The SMILES string of the molecule is CO[C@@H]1CN[C@@H](C(=O)NC2CCC2)C1.Cl. The number of ether oxygens (including phenoxy) is 1. The molecule has 2 atom stereocenters. The molecule has 5 heteroatoms. The van der Waals surface area contributed by atoms with Crippen molar-refractivity contribution in [2.75, 3.05) is 13.7 Å². The minimum absolute atomic E-state index is 0. The molecule has 1 saturated carbocycles. The molecule has 2 aliphatic rings. The molecule has 0 radical (unpaired) electrons. The van der Waals surface area contributed by atoms with E-state index < -0.39 is 0 Å². The second-order valence-electron chi connectivity index (χ2n) is 4.19. The number of carbonyl (C=O) groups is 1. The highest BCUT2D eigenvalue weighted by Crippen LogP contribution is 2.19. The summed E-state index contributed by atoms with van der Waals surface area (Å²) in [5, 5.41) is 6.22. The molecule has 2 N–H and O–H groups in total. The average Bonchev–Trinajstić information content (AvgIpc) is 2.59. The largest absolute Gasteiger partial charge is 0.380 e. The molecule has 1 heterocycles. The summed E-state index contributed by atoms with van der Waals surface area (Å²) in [6.07, 6.45) is 4.55. The first-order valence-electron chi connectivity index (χ1n) is 5.36. The molecule has 0 aromatic rings. The van der Waals surface area contributed by atoms with Crippen LogP contribution in [0.25, 0.3) is 0 Å². The van der Waals surface area contributed by atoms with Crippen LogP contribution in [-0.4, -0.2) is 37.7 Å². The fraction of sp³-hybridized carbons (Fsp3) is 0.900. The van der Waals surface area contributed by atoms with Crippen molar-refractivity contribution in [3.8, 4) is 0 Å². The third kappa shape index (κ3) is 3.06. The summed E-state index contributed by atoms with van der Waals surface area (Å²) >= 11 is 0. The Balaban J connectivity index is 0.00000112. The van der Waals surface area contributed by atoms with E-state index >= 15 is 0 Å². The first kappa shape index (κ1) is 12.7. The molecule has 0 unspecified atom stereocenters. The van der Waals surface area contributed by atoms with Crippen LogP contribution in [0.1, 0.15) is 25.7 Å². The van der Waals surface area contributed by atoms with Gasteiger partial charge in [0.2, 0.25) is 5.91 Å². The fourth-order valence-corrected chi connectivity index (χ4v) is 1.94. The highest BCUT2D eigenvalue weighted by molar-refractivity contribution is 5.85. The zero-order valence-electron chi connectivity index (χ0n) is 8.99. The lowest BCUT2D eigenvalue weighted by Crippen LogP contribution is -2.47. The van der Waals surface area contributed by atoms with E-state index in [1.807, 2.05) is 0 Å². The molecule has 0 bridgehead atoms. The second-order valence-corrected chi connectivity index (χ2v) is 4.19. The number of carbonyl (C=O) groups excluding carboxylic acids is 1. The van der Waals surface area contributed by atoms with Crippen LogP contribution in [0.15, 0.2) is 0 Å². The van der Waals surface area contributed by atoms with Crippen LogP contribution >= 0.6 is 12.4 Å². The molecule has 4 nitrogen and oxygen atoms in total. The Morgan fingerprint density at radius 1 is 1.47 bits per heavy atom. The van der Waals surface area contributed by atoms with Gasteiger partial charge < -0.3 is 15.4 Å². The Hall–Kier alpha value is -0.320. The Morgan fingerprint density at radius 2 is 2.20 bits per heavy atom. The molecule has 88 valence electrons. The Kier molecular flexibility index (Phi) is 4.83. The van der Waals surface area contributed by atoms with Gasteiger partial charge in [0, 0.05) is 19.7 Å². The van der Waals surface area contributed by atoms with Crippen molar-refractivity contribution in [1.82, 2.24) is 10.6 Å². The van der Waals surface area contributed by atoms with Crippen LogP contribution in [0.3, 0.4) is 0 Å². The Labute approximate surface area is 96.5 Å². The van der Waals surface area contributed by atoms with E-state index in [1.54, 1.807) is 7.11 Å². The number of hydrogen-bond donors (Lipinski definition) is 2. The summed E-state index contributed by atoms with van der Waals surface area (Å²) in [5.74, 6) is 0.147. The lowest BCUT2D eigenvalue weighted by Gasteiger charge is -2.27. The number of nitrogens with one attached hydrogen (secondary N) is 2. The molecule has 2 fully saturated rings. The van der Waals surface area contributed by atoms with Crippen LogP contribution < -0.4 is 10.6 Å². The van der Waals surface area contributed by atoms with Crippen molar-refractivity contribution in [2.45, 2.75) is 43.9 Å². The van der Waals surface area contributed by atoms with Crippen molar-refractivity contribution in [3.63, 3.8) is 0 Å². The average molecular weight is 235 g/mol. The van der Waals surface area contributed by atoms with Crippen molar-refractivity contribution in [1.29, 1.82) is 0 Å². The van der Waals surface area contributed by atoms with E-state index in [1.165, 1.54) is 6.42 Å². The Morgan fingerprint density at radius 3 is 2.67 bits per heavy atom. The molecule has 1 aliphatic carbocycles. The standard InChI is InChI=1S/C10H18N2O2.ClH/c1-14-8-5-9(11-6-8)10(13)12-7-3-2-4-7;/h7-9,11H,2-6H2,1H3,(H,12,13);1H/t8-,9+;/m0./s1. The summed E-state index contributed by atoms with van der Waals surface area (Å²) in [6, 6.07) is 0.395. The number of rotatable bonds is 3. The second kappa shape index (κ2) is 5.68.